The van der Waals surface area contributed by atoms with E-state index in [0.717, 1.165) is 17.7 Å². The first-order chi connectivity index (χ1) is 7.99. The summed E-state index contributed by atoms with van der Waals surface area (Å²) in [5, 5.41) is 9.76. The number of thiophene rings is 1. The summed E-state index contributed by atoms with van der Waals surface area (Å²) in [6, 6.07) is 3.06. The number of hydrogen-bond acceptors (Lipinski definition) is 4. The summed E-state index contributed by atoms with van der Waals surface area (Å²) in [5.41, 5.74) is 0. The van der Waals surface area contributed by atoms with Crippen molar-refractivity contribution < 1.29 is 13.5 Å². The van der Waals surface area contributed by atoms with Gasteiger partial charge in [0.25, 0.3) is 0 Å². The molecule has 4 nitrogen and oxygen atoms in total. The fourth-order valence-corrected chi connectivity index (χ4v) is 4.67. The first-order valence-electron chi connectivity index (χ1n) is 5.76. The largest absolute Gasteiger partial charge is 0.391 e. The van der Waals surface area contributed by atoms with E-state index in [1.54, 1.807) is 12.1 Å². The lowest BCUT2D eigenvalue weighted by Crippen LogP contribution is -2.44. The van der Waals surface area contributed by atoms with Gasteiger partial charge >= 0.3 is 0 Å². The van der Waals surface area contributed by atoms with Gasteiger partial charge in [0.05, 0.1) is 6.10 Å². The Kier molecular flexibility index (Phi) is 3.87. The molecule has 0 saturated heterocycles. The highest BCUT2D eigenvalue weighted by Crippen LogP contribution is 2.24. The minimum absolute atomic E-state index is 0.327. The fraction of sp³-hybridized carbons (Fsp3) is 0.636. The molecular weight excluding hydrogens is 258 g/mol. The molecule has 1 aromatic rings. The number of aliphatic hydroxyl groups excluding tert-OH is 1. The predicted octanol–water partition coefficient (Wildman–Crippen LogP) is 1.64. The van der Waals surface area contributed by atoms with E-state index >= 15 is 0 Å². The van der Waals surface area contributed by atoms with E-state index in [0.29, 0.717) is 17.1 Å². The second-order valence-electron chi connectivity index (χ2n) is 4.44. The summed E-state index contributed by atoms with van der Waals surface area (Å²) in [4.78, 5) is 0.967. The normalized spacial score (nSPS) is 26.0. The van der Waals surface area contributed by atoms with E-state index in [2.05, 4.69) is 4.72 Å². The van der Waals surface area contributed by atoms with Gasteiger partial charge in [0.2, 0.25) is 10.0 Å². The molecule has 0 aromatic carbocycles. The van der Waals surface area contributed by atoms with Crippen LogP contribution in [0.4, 0.5) is 0 Å². The van der Waals surface area contributed by atoms with Crippen molar-refractivity contribution in [3.8, 4) is 0 Å². The van der Waals surface area contributed by atoms with Crippen LogP contribution in [-0.2, 0) is 10.0 Å². The third-order valence-electron chi connectivity index (χ3n) is 3.02. The topological polar surface area (TPSA) is 66.4 Å². The second kappa shape index (κ2) is 5.06. The smallest absolute Gasteiger partial charge is 0.250 e. The molecule has 1 aliphatic carbocycles. The summed E-state index contributed by atoms with van der Waals surface area (Å²) in [6.45, 7) is 1.87. The van der Waals surface area contributed by atoms with Gasteiger partial charge in [-0.1, -0.05) is 12.8 Å². The van der Waals surface area contributed by atoms with E-state index in [1.807, 2.05) is 6.92 Å². The SMILES string of the molecule is Cc1ccc(S(=O)(=O)NC2CCCCC2O)s1. The lowest BCUT2D eigenvalue weighted by Gasteiger charge is -2.27. The summed E-state index contributed by atoms with van der Waals surface area (Å²) >= 11 is 1.25. The Bertz CT molecular complexity index is 481. The molecule has 0 spiro atoms. The third kappa shape index (κ3) is 3.07. The van der Waals surface area contributed by atoms with Crippen LogP contribution in [0.15, 0.2) is 16.3 Å². The van der Waals surface area contributed by atoms with Gasteiger partial charge in [0.15, 0.2) is 0 Å². The van der Waals surface area contributed by atoms with Crippen molar-refractivity contribution in [1.29, 1.82) is 0 Å². The predicted molar refractivity (Wildman–Crippen MR) is 67.6 cm³/mol. The van der Waals surface area contributed by atoms with Crippen molar-refractivity contribution in [2.45, 2.75) is 49.0 Å². The molecule has 2 N–H and O–H groups in total. The third-order valence-corrected chi connectivity index (χ3v) is 6.00. The van der Waals surface area contributed by atoms with Crippen LogP contribution in [0, 0.1) is 6.92 Å². The van der Waals surface area contributed by atoms with Crippen LogP contribution in [0.1, 0.15) is 30.6 Å². The highest BCUT2D eigenvalue weighted by molar-refractivity contribution is 7.91. The summed E-state index contributed by atoms with van der Waals surface area (Å²) in [6.07, 6.45) is 2.77. The zero-order valence-electron chi connectivity index (χ0n) is 9.72. The average Bonchev–Trinajstić information content (AvgIpc) is 2.69. The van der Waals surface area contributed by atoms with Crippen molar-refractivity contribution in [2.75, 3.05) is 0 Å². The van der Waals surface area contributed by atoms with E-state index < -0.39 is 16.1 Å². The van der Waals surface area contributed by atoms with Gasteiger partial charge in [-0.15, -0.1) is 11.3 Å². The molecule has 2 atom stereocenters. The van der Waals surface area contributed by atoms with Crippen molar-refractivity contribution in [2.24, 2.45) is 0 Å². The minimum Gasteiger partial charge on any atom is -0.391 e. The zero-order valence-corrected chi connectivity index (χ0v) is 11.4. The Morgan fingerprint density at radius 3 is 2.65 bits per heavy atom. The Hall–Kier alpha value is -0.430. The second-order valence-corrected chi connectivity index (χ2v) is 7.67. The number of hydrogen-bond donors (Lipinski definition) is 2. The first-order valence-corrected chi connectivity index (χ1v) is 8.06. The molecule has 1 saturated carbocycles. The van der Waals surface area contributed by atoms with Crippen LogP contribution in [0.25, 0.3) is 0 Å². The van der Waals surface area contributed by atoms with Gasteiger partial charge < -0.3 is 5.11 Å². The van der Waals surface area contributed by atoms with E-state index in [1.165, 1.54) is 11.3 Å². The molecule has 1 fully saturated rings. The monoisotopic (exact) mass is 275 g/mol. The molecule has 0 bridgehead atoms. The van der Waals surface area contributed by atoms with E-state index in [-0.39, 0.29) is 6.04 Å². The maximum Gasteiger partial charge on any atom is 0.250 e. The molecular formula is C11H17NO3S2. The van der Waals surface area contributed by atoms with Gasteiger partial charge in [-0.2, -0.15) is 0 Å². The maximum absolute atomic E-state index is 12.0. The zero-order chi connectivity index (χ0) is 12.5. The van der Waals surface area contributed by atoms with Gasteiger partial charge in [0, 0.05) is 10.9 Å². The van der Waals surface area contributed by atoms with Crippen LogP contribution < -0.4 is 4.72 Å². The number of aliphatic hydroxyl groups is 1. The maximum atomic E-state index is 12.0. The first kappa shape index (κ1) is 13.0. The Morgan fingerprint density at radius 1 is 1.35 bits per heavy atom. The molecule has 17 heavy (non-hydrogen) atoms. The number of sulfonamides is 1. The van der Waals surface area contributed by atoms with Gasteiger partial charge in [-0.3, -0.25) is 0 Å². The quantitative estimate of drug-likeness (QED) is 0.881. The number of aryl methyl sites for hydroxylation is 1. The molecule has 0 radical (unpaired) electrons. The summed E-state index contributed by atoms with van der Waals surface area (Å²) < 4.78 is 27.0. The van der Waals surface area contributed by atoms with E-state index in [9.17, 15) is 13.5 Å². The highest BCUT2D eigenvalue weighted by atomic mass is 32.2. The molecule has 1 aromatic heterocycles. The molecule has 2 unspecified atom stereocenters. The summed E-state index contributed by atoms with van der Waals surface area (Å²) in [5.74, 6) is 0. The van der Waals surface area contributed by atoms with Crippen LogP contribution >= 0.6 is 11.3 Å². The highest BCUT2D eigenvalue weighted by Gasteiger charge is 2.28. The van der Waals surface area contributed by atoms with Crippen LogP contribution in [0.5, 0.6) is 0 Å². The Balaban J connectivity index is 2.11. The van der Waals surface area contributed by atoms with Gasteiger partial charge in [-0.25, -0.2) is 13.1 Å². The van der Waals surface area contributed by atoms with E-state index in [4.69, 9.17) is 0 Å². The molecule has 0 amide bonds. The molecule has 6 heteroatoms. The average molecular weight is 275 g/mol. The van der Waals surface area contributed by atoms with Crippen LogP contribution in [0.3, 0.4) is 0 Å². The minimum atomic E-state index is -3.46. The lowest BCUT2D eigenvalue weighted by molar-refractivity contribution is 0.101. The van der Waals surface area contributed by atoms with Crippen LogP contribution in [-0.4, -0.2) is 25.7 Å². The molecule has 0 aliphatic heterocycles. The Labute approximate surface area is 106 Å². The molecule has 96 valence electrons. The van der Waals surface area contributed by atoms with Crippen molar-refractivity contribution >= 4 is 21.4 Å². The number of nitrogens with one attached hydrogen (secondary N) is 1. The molecule has 2 rings (SSSR count). The molecule has 1 heterocycles. The van der Waals surface area contributed by atoms with Crippen molar-refractivity contribution in [3.05, 3.63) is 17.0 Å². The molecule has 1 aliphatic rings. The lowest BCUT2D eigenvalue weighted by atomic mass is 9.93. The van der Waals surface area contributed by atoms with Gasteiger partial charge in [-0.05, 0) is 31.9 Å². The number of rotatable bonds is 3. The van der Waals surface area contributed by atoms with Crippen LogP contribution in [0.2, 0.25) is 0 Å². The van der Waals surface area contributed by atoms with Crippen molar-refractivity contribution in [3.63, 3.8) is 0 Å². The summed E-state index contributed by atoms with van der Waals surface area (Å²) in [7, 11) is -3.46. The van der Waals surface area contributed by atoms with Gasteiger partial charge in [0.1, 0.15) is 4.21 Å². The van der Waals surface area contributed by atoms with Crippen molar-refractivity contribution in [1.82, 2.24) is 4.72 Å². The Morgan fingerprint density at radius 2 is 2.06 bits per heavy atom. The standard InChI is InChI=1S/C11H17NO3S2/c1-8-6-7-11(16-8)17(14,15)12-9-4-2-3-5-10(9)13/h6-7,9-10,12-13H,2-5H2,1H3. The fourth-order valence-electron chi connectivity index (χ4n) is 2.06.